The molecule has 3 nitrogen and oxygen atoms in total. The van der Waals surface area contributed by atoms with E-state index in [2.05, 4.69) is 22.5 Å². The number of allylic oxidation sites excluding steroid dienone is 2. The normalized spacial score (nSPS) is 12.9. The van der Waals surface area contributed by atoms with Gasteiger partial charge in [0.25, 0.3) is 0 Å². The minimum atomic E-state index is -0.569. The summed E-state index contributed by atoms with van der Waals surface area (Å²) in [7, 11) is 0. The van der Waals surface area contributed by atoms with Crippen molar-refractivity contribution in [2.24, 2.45) is 0 Å². The highest BCUT2D eigenvalue weighted by atomic mass is 32.1. The van der Waals surface area contributed by atoms with Crippen molar-refractivity contribution in [3.8, 4) is 0 Å². The lowest BCUT2D eigenvalue weighted by Gasteiger charge is -1.98. The number of aromatic nitrogens is 2. The SMILES string of the molecule is C=C/C=C/c1nc(CC(O)C=C)ns1. The lowest BCUT2D eigenvalue weighted by atomic mass is 10.2. The number of rotatable bonds is 5. The van der Waals surface area contributed by atoms with Gasteiger partial charge in [0, 0.05) is 6.42 Å². The van der Waals surface area contributed by atoms with Gasteiger partial charge in [-0.2, -0.15) is 4.37 Å². The predicted molar refractivity (Wildman–Crippen MR) is 59.0 cm³/mol. The van der Waals surface area contributed by atoms with E-state index in [1.54, 1.807) is 12.2 Å². The zero-order chi connectivity index (χ0) is 10.4. The first-order valence-electron chi connectivity index (χ1n) is 4.18. The third-order valence-corrected chi connectivity index (χ3v) is 2.24. The molecular formula is C10H12N2OS. The van der Waals surface area contributed by atoms with Gasteiger partial charge in [0.1, 0.15) is 10.8 Å². The molecule has 1 aromatic rings. The van der Waals surface area contributed by atoms with Crippen molar-refractivity contribution in [1.82, 2.24) is 9.36 Å². The van der Waals surface area contributed by atoms with E-state index in [4.69, 9.17) is 0 Å². The number of nitrogens with zero attached hydrogens (tertiary/aromatic N) is 2. The number of aliphatic hydroxyl groups excluding tert-OH is 1. The topological polar surface area (TPSA) is 46.0 Å². The fourth-order valence-corrected chi connectivity index (χ4v) is 1.44. The molecule has 0 aromatic carbocycles. The third kappa shape index (κ3) is 3.24. The van der Waals surface area contributed by atoms with Crippen LogP contribution in [0.1, 0.15) is 10.8 Å². The van der Waals surface area contributed by atoms with E-state index in [0.717, 1.165) is 5.01 Å². The van der Waals surface area contributed by atoms with E-state index in [1.165, 1.54) is 17.6 Å². The van der Waals surface area contributed by atoms with Crippen LogP contribution in [-0.4, -0.2) is 20.6 Å². The second-order valence-corrected chi connectivity index (χ2v) is 3.43. The van der Waals surface area contributed by atoms with Crippen LogP contribution >= 0.6 is 11.5 Å². The summed E-state index contributed by atoms with van der Waals surface area (Å²) >= 11 is 1.30. The Bertz CT molecular complexity index is 344. The van der Waals surface area contributed by atoms with E-state index < -0.39 is 6.10 Å². The smallest absolute Gasteiger partial charge is 0.145 e. The van der Waals surface area contributed by atoms with Crippen LogP contribution in [0.5, 0.6) is 0 Å². The molecular weight excluding hydrogens is 196 g/mol. The summed E-state index contributed by atoms with van der Waals surface area (Å²) in [5.74, 6) is 0.645. The van der Waals surface area contributed by atoms with E-state index in [1.807, 2.05) is 6.08 Å². The van der Waals surface area contributed by atoms with E-state index in [0.29, 0.717) is 12.2 Å². The molecule has 74 valence electrons. The Morgan fingerprint density at radius 2 is 2.29 bits per heavy atom. The second-order valence-electron chi connectivity index (χ2n) is 2.65. The first-order chi connectivity index (χ1) is 6.76. The monoisotopic (exact) mass is 208 g/mol. The number of aliphatic hydroxyl groups is 1. The van der Waals surface area contributed by atoms with E-state index >= 15 is 0 Å². The molecule has 0 fully saturated rings. The minimum Gasteiger partial charge on any atom is -0.389 e. The highest BCUT2D eigenvalue weighted by molar-refractivity contribution is 7.06. The molecule has 0 bridgehead atoms. The summed E-state index contributed by atoms with van der Waals surface area (Å²) in [6.45, 7) is 7.04. The maximum Gasteiger partial charge on any atom is 0.145 e. The molecule has 1 rings (SSSR count). The first kappa shape index (κ1) is 10.8. The zero-order valence-electron chi connectivity index (χ0n) is 7.76. The number of hydrogen-bond donors (Lipinski definition) is 1. The summed E-state index contributed by atoms with van der Waals surface area (Å²) < 4.78 is 4.09. The van der Waals surface area contributed by atoms with Crippen LogP contribution < -0.4 is 0 Å². The Balaban J connectivity index is 2.63. The van der Waals surface area contributed by atoms with Gasteiger partial charge in [-0.3, -0.25) is 0 Å². The lowest BCUT2D eigenvalue weighted by Crippen LogP contribution is -2.07. The largest absolute Gasteiger partial charge is 0.389 e. The van der Waals surface area contributed by atoms with Gasteiger partial charge in [0.2, 0.25) is 0 Å². The van der Waals surface area contributed by atoms with Crippen LogP contribution in [0.15, 0.2) is 31.4 Å². The standard InChI is InChI=1S/C10H12N2OS/c1-3-5-6-10-11-9(12-14-10)7-8(13)4-2/h3-6,8,13H,1-2,7H2/b6-5+. The molecule has 0 radical (unpaired) electrons. The van der Waals surface area contributed by atoms with Crippen LogP contribution in [-0.2, 0) is 6.42 Å². The van der Waals surface area contributed by atoms with Gasteiger partial charge in [-0.15, -0.1) is 6.58 Å². The average molecular weight is 208 g/mol. The highest BCUT2D eigenvalue weighted by Crippen LogP contribution is 2.08. The molecule has 4 heteroatoms. The Morgan fingerprint density at radius 1 is 1.50 bits per heavy atom. The van der Waals surface area contributed by atoms with Gasteiger partial charge in [0.05, 0.1) is 6.10 Å². The maximum atomic E-state index is 9.27. The molecule has 1 unspecified atom stereocenters. The van der Waals surface area contributed by atoms with Crippen LogP contribution in [0.4, 0.5) is 0 Å². The molecule has 0 amide bonds. The van der Waals surface area contributed by atoms with E-state index in [9.17, 15) is 5.11 Å². The molecule has 0 saturated heterocycles. The Kier molecular flexibility index (Phi) is 4.22. The Labute approximate surface area is 87.3 Å². The third-order valence-electron chi connectivity index (χ3n) is 1.52. The molecule has 0 aliphatic heterocycles. The van der Waals surface area contributed by atoms with Crippen molar-refractivity contribution >= 4 is 17.6 Å². The first-order valence-corrected chi connectivity index (χ1v) is 4.96. The van der Waals surface area contributed by atoms with Crippen LogP contribution in [0.3, 0.4) is 0 Å². The fourth-order valence-electron chi connectivity index (χ4n) is 0.839. The van der Waals surface area contributed by atoms with Gasteiger partial charge in [-0.05, 0) is 17.6 Å². The highest BCUT2D eigenvalue weighted by Gasteiger charge is 2.05. The van der Waals surface area contributed by atoms with Crippen molar-refractivity contribution in [1.29, 1.82) is 0 Å². The molecule has 14 heavy (non-hydrogen) atoms. The number of hydrogen-bond acceptors (Lipinski definition) is 4. The van der Waals surface area contributed by atoms with Crippen LogP contribution in [0, 0.1) is 0 Å². The summed E-state index contributed by atoms with van der Waals surface area (Å²) in [5.41, 5.74) is 0. The Hall–Kier alpha value is -1.26. The zero-order valence-corrected chi connectivity index (χ0v) is 8.57. The molecule has 0 aliphatic carbocycles. The predicted octanol–water partition coefficient (Wildman–Crippen LogP) is 1.83. The summed E-state index contributed by atoms with van der Waals surface area (Å²) in [6, 6.07) is 0. The molecule has 0 aliphatic rings. The Morgan fingerprint density at radius 3 is 2.93 bits per heavy atom. The second kappa shape index (κ2) is 5.47. The van der Waals surface area contributed by atoms with Crippen molar-refractivity contribution in [2.45, 2.75) is 12.5 Å². The van der Waals surface area contributed by atoms with Crippen molar-refractivity contribution < 1.29 is 5.11 Å². The average Bonchev–Trinajstić information content (AvgIpc) is 2.62. The maximum absolute atomic E-state index is 9.27. The van der Waals surface area contributed by atoms with Crippen molar-refractivity contribution in [3.63, 3.8) is 0 Å². The summed E-state index contributed by atoms with van der Waals surface area (Å²) in [6.07, 6.45) is 6.63. The van der Waals surface area contributed by atoms with Gasteiger partial charge < -0.3 is 5.11 Å². The van der Waals surface area contributed by atoms with Gasteiger partial charge in [-0.1, -0.05) is 24.8 Å². The van der Waals surface area contributed by atoms with Gasteiger partial charge in [0.15, 0.2) is 0 Å². The van der Waals surface area contributed by atoms with Crippen LogP contribution in [0.2, 0.25) is 0 Å². The molecule has 1 atom stereocenters. The molecule has 0 spiro atoms. The molecule has 0 saturated carbocycles. The molecule has 1 heterocycles. The van der Waals surface area contributed by atoms with Gasteiger partial charge >= 0.3 is 0 Å². The van der Waals surface area contributed by atoms with Crippen LogP contribution in [0.25, 0.3) is 6.08 Å². The lowest BCUT2D eigenvalue weighted by molar-refractivity contribution is 0.222. The van der Waals surface area contributed by atoms with Gasteiger partial charge in [-0.25, -0.2) is 4.98 Å². The van der Waals surface area contributed by atoms with Crippen molar-refractivity contribution in [2.75, 3.05) is 0 Å². The molecule has 1 aromatic heterocycles. The summed E-state index contributed by atoms with van der Waals surface area (Å²) in [4.78, 5) is 4.20. The molecule has 1 N–H and O–H groups in total. The van der Waals surface area contributed by atoms with E-state index in [-0.39, 0.29) is 0 Å². The fraction of sp³-hybridized carbons (Fsp3) is 0.200. The minimum absolute atomic E-state index is 0.419. The van der Waals surface area contributed by atoms with Crippen molar-refractivity contribution in [3.05, 3.63) is 42.2 Å². The summed E-state index contributed by atoms with van der Waals surface area (Å²) in [5, 5.41) is 10.1. The quantitative estimate of drug-likeness (QED) is 0.593.